The molecule has 0 spiro atoms. The number of hydrogen-bond donors (Lipinski definition) is 0. The normalized spacial score (nSPS) is 9.71. The zero-order valence-electron chi connectivity index (χ0n) is 11.5. The first-order chi connectivity index (χ1) is 8.05. The van der Waals surface area contributed by atoms with E-state index < -0.39 is 5.41 Å². The summed E-state index contributed by atoms with van der Waals surface area (Å²) in [5.41, 5.74) is 0.405. The molecule has 1 aromatic carbocycles. The lowest BCUT2D eigenvalue weighted by Crippen LogP contribution is -2.13. The van der Waals surface area contributed by atoms with E-state index in [0.29, 0.717) is 11.5 Å². The molecular weight excluding hydrogens is 214 g/mol. The summed E-state index contributed by atoms with van der Waals surface area (Å²) in [5, 5.41) is 9.02. The van der Waals surface area contributed by atoms with E-state index in [0.717, 1.165) is 5.56 Å². The second kappa shape index (κ2) is 6.80. The lowest BCUT2D eigenvalue weighted by atomic mass is 9.86. The lowest BCUT2D eigenvalue weighted by Gasteiger charge is -2.17. The fraction of sp³-hybridized carbons (Fsp3) is 0.500. The Bertz CT molecular complexity index is 392. The average molecular weight is 235 g/mol. The van der Waals surface area contributed by atoms with Crippen molar-refractivity contribution in [1.82, 2.24) is 0 Å². The second-order valence-electron chi connectivity index (χ2n) is 3.81. The first-order valence-electron chi connectivity index (χ1n) is 5.69. The Morgan fingerprint density at radius 1 is 1.06 bits per heavy atom. The summed E-state index contributed by atoms with van der Waals surface area (Å²) in [4.78, 5) is 0. The highest BCUT2D eigenvalue weighted by molar-refractivity contribution is 5.46. The highest BCUT2D eigenvalue weighted by atomic mass is 16.5. The number of ether oxygens (including phenoxy) is 2. The summed E-state index contributed by atoms with van der Waals surface area (Å²) in [5.74, 6) is 1.33. The van der Waals surface area contributed by atoms with Gasteiger partial charge in [-0.1, -0.05) is 19.9 Å². The summed E-state index contributed by atoms with van der Waals surface area (Å²) in [6, 6.07) is 7.78. The molecule has 3 nitrogen and oxygen atoms in total. The van der Waals surface area contributed by atoms with Gasteiger partial charge in [0, 0.05) is 0 Å². The molecule has 0 aliphatic rings. The van der Waals surface area contributed by atoms with Gasteiger partial charge in [0.25, 0.3) is 0 Å². The largest absolute Gasteiger partial charge is 0.493 e. The van der Waals surface area contributed by atoms with Crippen LogP contribution in [0, 0.1) is 11.3 Å². The van der Waals surface area contributed by atoms with Crippen molar-refractivity contribution in [1.29, 1.82) is 5.26 Å². The van der Waals surface area contributed by atoms with Crippen molar-refractivity contribution in [2.24, 2.45) is 0 Å². The van der Waals surface area contributed by atoms with Gasteiger partial charge in [-0.2, -0.15) is 5.26 Å². The van der Waals surface area contributed by atoms with Crippen LogP contribution in [0.2, 0.25) is 0 Å². The highest BCUT2D eigenvalue weighted by Crippen LogP contribution is 2.32. The van der Waals surface area contributed by atoms with E-state index >= 15 is 0 Å². The van der Waals surface area contributed by atoms with Crippen LogP contribution in [-0.4, -0.2) is 14.2 Å². The number of methoxy groups -OCH3 is 2. The third-order valence-corrected chi connectivity index (χ3v) is 2.38. The van der Waals surface area contributed by atoms with E-state index in [4.69, 9.17) is 14.7 Å². The number of nitriles is 1. The van der Waals surface area contributed by atoms with E-state index in [2.05, 4.69) is 6.07 Å². The van der Waals surface area contributed by atoms with Crippen molar-refractivity contribution in [3.05, 3.63) is 23.8 Å². The maximum Gasteiger partial charge on any atom is 0.161 e. The van der Waals surface area contributed by atoms with E-state index in [9.17, 15) is 0 Å². The Labute approximate surface area is 104 Å². The van der Waals surface area contributed by atoms with Crippen molar-refractivity contribution in [2.75, 3.05) is 14.2 Å². The van der Waals surface area contributed by atoms with Crippen LogP contribution in [0.1, 0.15) is 33.3 Å². The molecule has 0 bridgehead atoms. The van der Waals surface area contributed by atoms with Crippen LogP contribution in [0.4, 0.5) is 0 Å². The minimum Gasteiger partial charge on any atom is -0.493 e. The Kier molecular flexibility index (Phi) is 6.12. The van der Waals surface area contributed by atoms with Crippen LogP contribution >= 0.6 is 0 Å². The van der Waals surface area contributed by atoms with Crippen LogP contribution in [0.15, 0.2) is 18.2 Å². The summed E-state index contributed by atoms with van der Waals surface area (Å²) in [6.07, 6.45) is 0. The summed E-state index contributed by atoms with van der Waals surface area (Å²) >= 11 is 0. The predicted molar refractivity (Wildman–Crippen MR) is 69.5 cm³/mol. The van der Waals surface area contributed by atoms with Gasteiger partial charge in [-0.05, 0) is 31.5 Å². The maximum atomic E-state index is 9.02. The van der Waals surface area contributed by atoms with Gasteiger partial charge in [0.05, 0.1) is 25.7 Å². The molecule has 3 heteroatoms. The van der Waals surface area contributed by atoms with Crippen LogP contribution in [0.3, 0.4) is 0 Å². The number of benzene rings is 1. The first kappa shape index (κ1) is 15.3. The average Bonchev–Trinajstić information content (AvgIpc) is 2.40. The molecule has 0 heterocycles. The zero-order valence-corrected chi connectivity index (χ0v) is 11.5. The van der Waals surface area contributed by atoms with Crippen LogP contribution in [0.25, 0.3) is 0 Å². The molecule has 0 aromatic heterocycles. The Balaban J connectivity index is 0.00000121. The number of rotatable bonds is 3. The third kappa shape index (κ3) is 3.67. The minimum atomic E-state index is -0.514. The molecule has 94 valence electrons. The van der Waals surface area contributed by atoms with Gasteiger partial charge in [-0.15, -0.1) is 0 Å². The smallest absolute Gasteiger partial charge is 0.161 e. The SMILES string of the molecule is CC.COc1ccc(C(C)(C)C#N)cc1OC. The van der Waals surface area contributed by atoms with Gasteiger partial charge in [-0.3, -0.25) is 0 Å². The standard InChI is InChI=1S/C12H15NO2.C2H6/c1-12(2,8-13)9-5-6-10(14-3)11(7-9)15-4;1-2/h5-7H,1-4H3;1-2H3. The molecule has 0 aliphatic heterocycles. The molecule has 0 unspecified atom stereocenters. The van der Waals surface area contributed by atoms with Crippen molar-refractivity contribution in [3.8, 4) is 17.6 Å². The Hall–Kier alpha value is -1.69. The summed E-state index contributed by atoms with van der Waals surface area (Å²) in [7, 11) is 3.17. The van der Waals surface area contributed by atoms with Crippen LogP contribution < -0.4 is 9.47 Å². The number of nitrogens with zero attached hydrogens (tertiary/aromatic N) is 1. The lowest BCUT2D eigenvalue weighted by molar-refractivity contribution is 0.354. The molecule has 0 amide bonds. The monoisotopic (exact) mass is 235 g/mol. The summed E-state index contributed by atoms with van der Waals surface area (Å²) < 4.78 is 10.3. The van der Waals surface area contributed by atoms with Crippen LogP contribution in [0.5, 0.6) is 11.5 Å². The zero-order chi connectivity index (χ0) is 13.5. The van der Waals surface area contributed by atoms with Gasteiger partial charge in [-0.25, -0.2) is 0 Å². The quantitative estimate of drug-likeness (QED) is 0.804. The van der Waals surface area contributed by atoms with Crippen LogP contribution in [-0.2, 0) is 5.41 Å². The van der Waals surface area contributed by atoms with Gasteiger partial charge in [0.1, 0.15) is 0 Å². The topological polar surface area (TPSA) is 42.2 Å². The first-order valence-corrected chi connectivity index (χ1v) is 5.69. The predicted octanol–water partition coefficient (Wildman–Crippen LogP) is 3.53. The molecule has 0 N–H and O–H groups in total. The fourth-order valence-electron chi connectivity index (χ4n) is 1.29. The molecule has 0 atom stereocenters. The van der Waals surface area contributed by atoms with E-state index in [-0.39, 0.29) is 0 Å². The molecule has 1 aromatic rings. The van der Waals surface area contributed by atoms with E-state index in [1.54, 1.807) is 14.2 Å². The minimum absolute atomic E-state index is 0.514. The van der Waals surface area contributed by atoms with Gasteiger partial charge in [0.15, 0.2) is 11.5 Å². The van der Waals surface area contributed by atoms with Crippen molar-refractivity contribution in [2.45, 2.75) is 33.1 Å². The molecule has 17 heavy (non-hydrogen) atoms. The fourth-order valence-corrected chi connectivity index (χ4v) is 1.29. The Morgan fingerprint density at radius 3 is 2.00 bits per heavy atom. The molecule has 1 rings (SSSR count). The summed E-state index contributed by atoms with van der Waals surface area (Å²) in [6.45, 7) is 7.74. The van der Waals surface area contributed by atoms with Gasteiger partial charge < -0.3 is 9.47 Å². The maximum absolute atomic E-state index is 9.02. The highest BCUT2D eigenvalue weighted by Gasteiger charge is 2.21. The molecule has 0 saturated carbocycles. The Morgan fingerprint density at radius 2 is 1.59 bits per heavy atom. The van der Waals surface area contributed by atoms with Crippen molar-refractivity contribution in [3.63, 3.8) is 0 Å². The molecule has 0 aliphatic carbocycles. The second-order valence-corrected chi connectivity index (χ2v) is 3.81. The molecular formula is C14H21NO2. The molecule has 0 radical (unpaired) electrons. The van der Waals surface area contributed by atoms with Crippen molar-refractivity contribution >= 4 is 0 Å². The third-order valence-electron chi connectivity index (χ3n) is 2.38. The molecule has 0 saturated heterocycles. The van der Waals surface area contributed by atoms with E-state index in [1.165, 1.54) is 0 Å². The van der Waals surface area contributed by atoms with E-state index in [1.807, 2.05) is 45.9 Å². The van der Waals surface area contributed by atoms with Crippen molar-refractivity contribution < 1.29 is 9.47 Å². The number of hydrogen-bond acceptors (Lipinski definition) is 3. The van der Waals surface area contributed by atoms with Gasteiger partial charge in [0.2, 0.25) is 0 Å². The molecule has 0 fully saturated rings. The van der Waals surface area contributed by atoms with Gasteiger partial charge >= 0.3 is 0 Å².